The predicted octanol–water partition coefficient (Wildman–Crippen LogP) is 5.03. The van der Waals surface area contributed by atoms with Crippen molar-refractivity contribution < 1.29 is 4.74 Å². The van der Waals surface area contributed by atoms with Crippen molar-refractivity contribution in [1.29, 1.82) is 0 Å². The molecule has 0 atom stereocenters. The lowest BCUT2D eigenvalue weighted by atomic mass is 9.68. The van der Waals surface area contributed by atoms with Gasteiger partial charge in [-0.15, -0.1) is 0 Å². The molecule has 0 aliphatic carbocycles. The van der Waals surface area contributed by atoms with E-state index in [4.69, 9.17) is 4.74 Å². The molecule has 0 spiro atoms. The summed E-state index contributed by atoms with van der Waals surface area (Å²) in [4.78, 5) is 0. The van der Waals surface area contributed by atoms with Crippen LogP contribution in [0.2, 0.25) is 0 Å². The van der Waals surface area contributed by atoms with Crippen LogP contribution in [-0.2, 0) is 4.74 Å². The van der Waals surface area contributed by atoms with Crippen molar-refractivity contribution in [3.8, 4) is 0 Å². The Bertz CT molecular complexity index is 247. The maximum atomic E-state index is 5.71. The first-order chi connectivity index (χ1) is 6.81. The van der Waals surface area contributed by atoms with Gasteiger partial charge in [0.05, 0.1) is 7.11 Å². The number of ether oxygens (including phenoxy) is 1. The molecule has 0 aromatic carbocycles. The number of hydrogen-bond donors (Lipinski definition) is 0. The van der Waals surface area contributed by atoms with Crippen molar-refractivity contribution in [1.82, 2.24) is 0 Å². The van der Waals surface area contributed by atoms with Gasteiger partial charge in [0.15, 0.2) is 0 Å². The third-order valence-electron chi connectivity index (χ3n) is 2.61. The highest BCUT2D eigenvalue weighted by Crippen LogP contribution is 2.45. The topological polar surface area (TPSA) is 9.23 Å². The average Bonchev–Trinajstić information content (AvgIpc) is 1.91. The van der Waals surface area contributed by atoms with Gasteiger partial charge in [-0.1, -0.05) is 62.3 Å². The second kappa shape index (κ2) is 4.43. The molecular weight excluding hydrogens is 196 g/mol. The minimum Gasteiger partial charge on any atom is -0.501 e. The third-order valence-corrected chi connectivity index (χ3v) is 2.61. The van der Waals surface area contributed by atoms with E-state index < -0.39 is 0 Å². The molecule has 0 fully saturated rings. The fraction of sp³-hybridized carbons (Fsp3) is 0.867. The first-order valence-corrected chi connectivity index (χ1v) is 6.11. The molecule has 0 radical (unpaired) electrons. The Morgan fingerprint density at radius 1 is 0.625 bits per heavy atom. The van der Waals surface area contributed by atoms with Crippen LogP contribution in [-0.4, -0.2) is 7.11 Å². The summed E-state index contributed by atoms with van der Waals surface area (Å²) in [6.07, 6.45) is 0. The lowest BCUT2D eigenvalue weighted by Crippen LogP contribution is -2.29. The molecule has 16 heavy (non-hydrogen) atoms. The lowest BCUT2D eigenvalue weighted by molar-refractivity contribution is 0.176. The Labute approximate surface area is 102 Å². The number of rotatable bonds is 1. The molecule has 0 rings (SSSR count). The zero-order valence-corrected chi connectivity index (χ0v) is 12.9. The Kier molecular flexibility index (Phi) is 4.30. The Morgan fingerprint density at radius 3 is 1.00 bits per heavy atom. The number of hydrogen-bond acceptors (Lipinski definition) is 1. The van der Waals surface area contributed by atoms with Gasteiger partial charge in [0.2, 0.25) is 0 Å². The Balaban J connectivity index is 5.92. The van der Waals surface area contributed by atoms with E-state index in [0.717, 1.165) is 5.76 Å². The molecule has 0 bridgehead atoms. The van der Waals surface area contributed by atoms with Crippen LogP contribution in [0.4, 0.5) is 0 Å². The number of methoxy groups -OCH3 is 1. The molecule has 0 saturated carbocycles. The van der Waals surface area contributed by atoms with Gasteiger partial charge in [-0.05, 0) is 16.4 Å². The van der Waals surface area contributed by atoms with Gasteiger partial charge < -0.3 is 4.74 Å². The second-order valence-corrected chi connectivity index (χ2v) is 7.66. The van der Waals surface area contributed by atoms with Crippen LogP contribution >= 0.6 is 0 Å². The van der Waals surface area contributed by atoms with Crippen LogP contribution in [0, 0.1) is 16.2 Å². The first-order valence-electron chi connectivity index (χ1n) is 6.11. The quantitative estimate of drug-likeness (QED) is 0.570. The van der Waals surface area contributed by atoms with Crippen molar-refractivity contribution in [2.45, 2.75) is 62.3 Å². The zero-order chi connectivity index (χ0) is 13.4. The molecule has 96 valence electrons. The highest BCUT2D eigenvalue weighted by Gasteiger charge is 2.35. The van der Waals surface area contributed by atoms with E-state index in [0.29, 0.717) is 0 Å². The first kappa shape index (κ1) is 15.5. The van der Waals surface area contributed by atoms with Crippen molar-refractivity contribution in [2.24, 2.45) is 16.2 Å². The van der Waals surface area contributed by atoms with Gasteiger partial charge in [0.1, 0.15) is 5.76 Å². The summed E-state index contributed by atoms with van der Waals surface area (Å²) in [5, 5.41) is 0. The maximum absolute atomic E-state index is 5.71. The van der Waals surface area contributed by atoms with Gasteiger partial charge in [-0.3, -0.25) is 0 Å². The monoisotopic (exact) mass is 226 g/mol. The lowest BCUT2D eigenvalue weighted by Gasteiger charge is -2.39. The minimum absolute atomic E-state index is 0.0602. The van der Waals surface area contributed by atoms with Crippen LogP contribution in [0.3, 0.4) is 0 Å². The molecule has 0 aliphatic rings. The smallest absolute Gasteiger partial charge is 0.101 e. The second-order valence-electron chi connectivity index (χ2n) is 7.66. The predicted molar refractivity (Wildman–Crippen MR) is 72.4 cm³/mol. The van der Waals surface area contributed by atoms with Crippen LogP contribution in [0.5, 0.6) is 0 Å². The fourth-order valence-corrected chi connectivity index (χ4v) is 2.59. The Morgan fingerprint density at radius 2 is 0.938 bits per heavy atom. The largest absolute Gasteiger partial charge is 0.501 e. The molecule has 0 aliphatic heterocycles. The van der Waals surface area contributed by atoms with Gasteiger partial charge in [0, 0.05) is 5.41 Å². The fourth-order valence-electron chi connectivity index (χ4n) is 2.59. The standard InChI is InChI=1S/C15H30O/c1-13(2,3)11(14(4,5)6)12(16-10)15(7,8)9/h1-10H3. The molecule has 0 heterocycles. The van der Waals surface area contributed by atoms with Gasteiger partial charge in [-0.2, -0.15) is 0 Å². The molecule has 0 amide bonds. The molecule has 0 unspecified atom stereocenters. The third kappa shape index (κ3) is 3.84. The summed E-state index contributed by atoms with van der Waals surface area (Å²) >= 11 is 0. The summed E-state index contributed by atoms with van der Waals surface area (Å²) < 4.78 is 5.71. The molecular formula is C15H30O. The van der Waals surface area contributed by atoms with Crippen LogP contribution in [0.15, 0.2) is 11.3 Å². The van der Waals surface area contributed by atoms with Crippen molar-refractivity contribution in [3.63, 3.8) is 0 Å². The molecule has 0 saturated heterocycles. The van der Waals surface area contributed by atoms with Crippen LogP contribution in [0.25, 0.3) is 0 Å². The Hall–Kier alpha value is -0.460. The summed E-state index contributed by atoms with van der Waals surface area (Å²) in [6.45, 7) is 20.2. The number of allylic oxidation sites excluding steroid dienone is 2. The summed E-state index contributed by atoms with van der Waals surface area (Å²) in [7, 11) is 1.79. The van der Waals surface area contributed by atoms with Crippen molar-refractivity contribution >= 4 is 0 Å². The van der Waals surface area contributed by atoms with Gasteiger partial charge in [0.25, 0.3) is 0 Å². The molecule has 1 heteroatoms. The SMILES string of the molecule is COC(=C(C(C)(C)C)C(C)(C)C)C(C)(C)C. The van der Waals surface area contributed by atoms with E-state index in [1.807, 2.05) is 0 Å². The summed E-state index contributed by atoms with van der Waals surface area (Å²) in [5.41, 5.74) is 1.74. The average molecular weight is 226 g/mol. The van der Waals surface area contributed by atoms with Gasteiger partial charge in [-0.25, -0.2) is 0 Å². The van der Waals surface area contributed by atoms with Crippen molar-refractivity contribution in [2.75, 3.05) is 7.11 Å². The normalized spacial score (nSPS) is 13.6. The van der Waals surface area contributed by atoms with E-state index in [1.54, 1.807) is 7.11 Å². The van der Waals surface area contributed by atoms with E-state index in [9.17, 15) is 0 Å². The van der Waals surface area contributed by atoms with Gasteiger partial charge >= 0.3 is 0 Å². The highest BCUT2D eigenvalue weighted by molar-refractivity contribution is 5.25. The summed E-state index contributed by atoms with van der Waals surface area (Å²) in [6, 6.07) is 0. The van der Waals surface area contributed by atoms with E-state index in [-0.39, 0.29) is 16.2 Å². The van der Waals surface area contributed by atoms with E-state index >= 15 is 0 Å². The van der Waals surface area contributed by atoms with E-state index in [2.05, 4.69) is 62.3 Å². The molecule has 0 aromatic rings. The molecule has 1 nitrogen and oxygen atoms in total. The molecule has 0 aromatic heterocycles. The summed E-state index contributed by atoms with van der Waals surface area (Å²) in [5.74, 6) is 1.13. The zero-order valence-electron chi connectivity index (χ0n) is 12.9. The maximum Gasteiger partial charge on any atom is 0.101 e. The highest BCUT2D eigenvalue weighted by atomic mass is 16.5. The van der Waals surface area contributed by atoms with Crippen LogP contribution in [0.1, 0.15) is 62.3 Å². The van der Waals surface area contributed by atoms with Crippen LogP contribution < -0.4 is 0 Å². The molecule has 0 N–H and O–H groups in total. The minimum atomic E-state index is 0.0602. The van der Waals surface area contributed by atoms with Crippen molar-refractivity contribution in [3.05, 3.63) is 11.3 Å². The van der Waals surface area contributed by atoms with E-state index in [1.165, 1.54) is 5.57 Å².